The topological polar surface area (TPSA) is 112 Å². The Morgan fingerprint density at radius 3 is 2.71 bits per heavy atom. The molecule has 1 unspecified atom stereocenters. The van der Waals surface area contributed by atoms with Gasteiger partial charge in [0.2, 0.25) is 5.28 Å². The Morgan fingerprint density at radius 1 is 1.32 bits per heavy atom. The van der Waals surface area contributed by atoms with Crippen LogP contribution in [0.3, 0.4) is 0 Å². The van der Waals surface area contributed by atoms with Crippen molar-refractivity contribution in [2.75, 3.05) is 5.32 Å². The molecule has 0 bridgehead atoms. The number of nitrogens with zero attached hydrogens (tertiary/aromatic N) is 3. The molecule has 0 saturated carbocycles. The second kappa shape index (κ2) is 8.64. The Labute approximate surface area is 176 Å². The lowest BCUT2D eigenvalue weighted by atomic mass is 10.2. The molecule has 1 atom stereocenters. The number of primary amides is 1. The lowest BCUT2D eigenvalue weighted by Gasteiger charge is -2.14. The van der Waals surface area contributed by atoms with Crippen LogP contribution in [0.2, 0.25) is 10.3 Å². The molecule has 3 aromatic rings. The first-order chi connectivity index (χ1) is 12.8. The van der Waals surface area contributed by atoms with Crippen molar-refractivity contribution in [3.63, 3.8) is 0 Å². The van der Waals surface area contributed by atoms with E-state index in [4.69, 9.17) is 33.7 Å². The van der Waals surface area contributed by atoms with Gasteiger partial charge in [-0.15, -0.1) is 12.4 Å². The van der Waals surface area contributed by atoms with E-state index >= 15 is 0 Å². The quantitative estimate of drug-likeness (QED) is 0.585. The normalized spacial score (nSPS) is 11.6. The first kappa shape index (κ1) is 21.7. The van der Waals surface area contributed by atoms with Crippen molar-refractivity contribution < 1.29 is 9.53 Å². The minimum atomic E-state index is -0.932. The minimum Gasteiger partial charge on any atom is -0.475 e. The van der Waals surface area contributed by atoms with E-state index in [2.05, 4.69) is 15.3 Å². The highest BCUT2D eigenvalue weighted by Gasteiger charge is 2.15. The van der Waals surface area contributed by atoms with Crippen molar-refractivity contribution >= 4 is 63.9 Å². The number of amides is 1. The summed E-state index contributed by atoms with van der Waals surface area (Å²) in [4.78, 5) is 31.5. The largest absolute Gasteiger partial charge is 0.475 e. The smallest absolute Gasteiger partial charge is 0.293 e. The lowest BCUT2D eigenvalue weighted by molar-refractivity contribution is -0.124. The third-order valence-electron chi connectivity index (χ3n) is 3.87. The van der Waals surface area contributed by atoms with E-state index in [0.29, 0.717) is 27.4 Å². The van der Waals surface area contributed by atoms with Gasteiger partial charge in [0.25, 0.3) is 11.5 Å². The second-order valence-corrected chi connectivity index (χ2v) is 6.51. The number of ether oxygens (including phenoxy) is 1. The van der Waals surface area contributed by atoms with Gasteiger partial charge in [-0.1, -0.05) is 11.6 Å². The van der Waals surface area contributed by atoms with Gasteiger partial charge in [0.05, 0.1) is 11.7 Å². The van der Waals surface area contributed by atoms with E-state index < -0.39 is 12.0 Å². The lowest BCUT2D eigenvalue weighted by Crippen LogP contribution is -2.33. The summed E-state index contributed by atoms with van der Waals surface area (Å²) in [6.07, 6.45) is 0.458. The van der Waals surface area contributed by atoms with Crippen molar-refractivity contribution in [1.82, 2.24) is 14.5 Å². The molecule has 28 heavy (non-hydrogen) atoms. The molecular formula is C17H16Cl3N5O3. The van der Waals surface area contributed by atoms with E-state index in [0.717, 1.165) is 0 Å². The van der Waals surface area contributed by atoms with Gasteiger partial charge in [-0.05, 0) is 42.8 Å². The summed E-state index contributed by atoms with van der Waals surface area (Å²) in [7, 11) is 1.61. The molecule has 0 fully saturated rings. The molecule has 2 heterocycles. The highest BCUT2D eigenvalue weighted by molar-refractivity contribution is 6.33. The highest BCUT2D eigenvalue weighted by atomic mass is 35.5. The molecule has 148 valence electrons. The number of benzene rings is 1. The molecule has 11 heteroatoms. The van der Waals surface area contributed by atoms with Crippen molar-refractivity contribution in [2.45, 2.75) is 13.0 Å². The second-order valence-electron chi connectivity index (χ2n) is 5.77. The molecule has 0 aliphatic heterocycles. The maximum absolute atomic E-state index is 12.4. The average Bonchev–Trinajstić information content (AvgIpc) is 2.62. The molecule has 0 aliphatic carbocycles. The summed E-state index contributed by atoms with van der Waals surface area (Å²) in [6.45, 7) is 1.48. The summed E-state index contributed by atoms with van der Waals surface area (Å²) < 4.78 is 6.83. The van der Waals surface area contributed by atoms with Crippen LogP contribution in [0.1, 0.15) is 6.92 Å². The van der Waals surface area contributed by atoms with Crippen LogP contribution in [-0.4, -0.2) is 26.5 Å². The van der Waals surface area contributed by atoms with E-state index in [9.17, 15) is 9.59 Å². The average molecular weight is 445 g/mol. The zero-order valence-electron chi connectivity index (χ0n) is 14.8. The Morgan fingerprint density at radius 2 is 2.04 bits per heavy atom. The Balaban J connectivity index is 0.00000280. The fourth-order valence-corrected chi connectivity index (χ4v) is 2.71. The fourth-order valence-electron chi connectivity index (χ4n) is 2.43. The first-order valence-electron chi connectivity index (χ1n) is 7.81. The van der Waals surface area contributed by atoms with E-state index in [1.807, 2.05) is 0 Å². The number of anilines is 2. The summed E-state index contributed by atoms with van der Waals surface area (Å²) in [6, 6.07) is 6.86. The number of nitrogens with two attached hydrogens (primary N) is 1. The number of hydrogen-bond acceptors (Lipinski definition) is 6. The fraction of sp³-hybridized carbons (Fsp3) is 0.176. The van der Waals surface area contributed by atoms with Crippen LogP contribution in [0.15, 0.2) is 35.3 Å². The van der Waals surface area contributed by atoms with Gasteiger partial charge >= 0.3 is 0 Å². The van der Waals surface area contributed by atoms with Gasteiger partial charge in [-0.25, -0.2) is 4.98 Å². The third-order valence-corrected chi connectivity index (χ3v) is 4.33. The predicted molar refractivity (Wildman–Crippen MR) is 111 cm³/mol. The van der Waals surface area contributed by atoms with E-state index in [1.165, 1.54) is 17.7 Å². The minimum absolute atomic E-state index is 0. The van der Waals surface area contributed by atoms with Crippen molar-refractivity contribution in [3.05, 3.63) is 51.1 Å². The van der Waals surface area contributed by atoms with Gasteiger partial charge in [-0.2, -0.15) is 4.98 Å². The Bertz CT molecular complexity index is 1100. The summed E-state index contributed by atoms with van der Waals surface area (Å²) >= 11 is 11.9. The first-order valence-corrected chi connectivity index (χ1v) is 8.56. The molecule has 0 spiro atoms. The van der Waals surface area contributed by atoms with Crippen LogP contribution in [0.25, 0.3) is 10.9 Å². The number of hydrogen-bond donors (Lipinski definition) is 2. The number of nitrogens with one attached hydrogen (secondary N) is 1. The zero-order chi connectivity index (χ0) is 19.7. The predicted octanol–water partition coefficient (Wildman–Crippen LogP) is 3.05. The van der Waals surface area contributed by atoms with Crippen molar-refractivity contribution in [3.8, 4) is 5.75 Å². The van der Waals surface area contributed by atoms with Crippen LogP contribution in [0.5, 0.6) is 5.75 Å². The molecule has 1 amide bonds. The van der Waals surface area contributed by atoms with Crippen LogP contribution in [0.4, 0.5) is 11.5 Å². The maximum Gasteiger partial charge on any atom is 0.293 e. The molecule has 3 rings (SSSR count). The van der Waals surface area contributed by atoms with Gasteiger partial charge in [0.15, 0.2) is 17.7 Å². The molecule has 0 saturated heterocycles. The highest BCUT2D eigenvalue weighted by Crippen LogP contribution is 2.27. The summed E-state index contributed by atoms with van der Waals surface area (Å²) in [5.74, 6) is -0.293. The van der Waals surface area contributed by atoms with Crippen LogP contribution in [0, 0.1) is 0 Å². The Hall–Kier alpha value is -2.55. The van der Waals surface area contributed by atoms with Crippen molar-refractivity contribution in [2.24, 2.45) is 12.8 Å². The van der Waals surface area contributed by atoms with E-state index in [1.54, 1.807) is 31.3 Å². The van der Waals surface area contributed by atoms with Crippen LogP contribution >= 0.6 is 35.6 Å². The number of carbonyl (C=O) groups excluding carboxylic acids is 1. The van der Waals surface area contributed by atoms with Gasteiger partial charge < -0.3 is 20.4 Å². The van der Waals surface area contributed by atoms with Gasteiger partial charge in [0, 0.05) is 18.1 Å². The van der Waals surface area contributed by atoms with Crippen molar-refractivity contribution in [1.29, 1.82) is 0 Å². The molecule has 0 radical (unpaired) electrons. The van der Waals surface area contributed by atoms with E-state index in [-0.39, 0.29) is 29.0 Å². The number of aromatic nitrogens is 3. The van der Waals surface area contributed by atoms with Gasteiger partial charge in [-0.3, -0.25) is 9.59 Å². The third kappa shape index (κ3) is 4.46. The van der Waals surface area contributed by atoms with Crippen LogP contribution < -0.4 is 21.3 Å². The molecule has 0 aliphatic rings. The molecule has 8 nitrogen and oxygen atoms in total. The van der Waals surface area contributed by atoms with Gasteiger partial charge in [0.1, 0.15) is 5.02 Å². The molecular weight excluding hydrogens is 429 g/mol. The number of fused-ring (bicyclic) bond motifs is 1. The molecule has 2 aromatic heterocycles. The maximum atomic E-state index is 12.4. The summed E-state index contributed by atoms with van der Waals surface area (Å²) in [5.41, 5.74) is 6.17. The number of aryl methyl sites for hydroxylation is 1. The SMILES string of the molecule is CC(Oc1cc2cc(Nc3nc(Cl)ncc3Cl)ccc2n(C)c1=O)C(N)=O.Cl. The molecule has 3 N–H and O–H groups in total. The number of halogens is 3. The number of pyridine rings is 1. The molecule has 1 aromatic carbocycles. The monoisotopic (exact) mass is 443 g/mol. The number of rotatable bonds is 5. The Kier molecular flexibility index (Phi) is 6.71. The summed E-state index contributed by atoms with van der Waals surface area (Å²) in [5, 5.41) is 4.11. The number of carbonyl (C=O) groups is 1. The van der Waals surface area contributed by atoms with Crippen LogP contribution in [-0.2, 0) is 11.8 Å². The standard InChI is InChI=1S/C17H15Cl2N5O3.ClH/c1-8(14(20)25)27-13-6-9-5-10(3-4-12(9)24(2)16(13)26)22-15-11(18)7-21-17(19)23-15;/h3-8H,1-2H3,(H2,20,25)(H,21,22,23);1H. The zero-order valence-corrected chi connectivity index (χ0v) is 17.1.